The van der Waals surface area contributed by atoms with Crippen LogP contribution in [0.15, 0.2) is 11.9 Å². The van der Waals surface area contributed by atoms with Crippen LogP contribution in [0.4, 0.5) is 0 Å². The summed E-state index contributed by atoms with van der Waals surface area (Å²) in [4.78, 5) is 17.7. The van der Waals surface area contributed by atoms with E-state index in [0.717, 1.165) is 5.82 Å². The lowest BCUT2D eigenvalue weighted by atomic mass is 10.0. The number of methoxy groups -OCH3 is 1. The first-order valence-electron chi connectivity index (χ1n) is 6.58. The third-order valence-electron chi connectivity index (χ3n) is 2.15. The average Bonchev–Trinajstić information content (AvgIpc) is 2.37. The Morgan fingerprint density at radius 3 is 2.43 bits per heavy atom. The molecule has 0 bridgehead atoms. The number of ether oxygens (including phenoxy) is 4. The second-order valence-corrected chi connectivity index (χ2v) is 6.07. The Balaban J connectivity index is 4.31. The van der Waals surface area contributed by atoms with Crippen molar-refractivity contribution in [3.05, 3.63) is 11.9 Å². The second-order valence-electron chi connectivity index (χ2n) is 4.59. The quantitative estimate of drug-likeness (QED) is 0.309. The van der Waals surface area contributed by atoms with Gasteiger partial charge in [0.25, 0.3) is 0 Å². The van der Waals surface area contributed by atoms with Gasteiger partial charge in [-0.1, -0.05) is 0 Å². The molecule has 0 spiro atoms. The molecule has 0 fully saturated rings. The van der Waals surface area contributed by atoms with E-state index in [2.05, 4.69) is 0 Å². The molecule has 2 N–H and O–H groups in total. The predicted molar refractivity (Wildman–Crippen MR) is 79.4 cm³/mol. The Morgan fingerprint density at radius 1 is 1.24 bits per heavy atom. The van der Waals surface area contributed by atoms with Gasteiger partial charge >= 0.3 is 7.60 Å². The molecule has 0 rings (SSSR count). The Hall–Kier alpha value is -0.205. The molecule has 2 atom stereocenters. The topological polar surface area (TPSA) is 94.5 Å². The van der Waals surface area contributed by atoms with Crippen LogP contribution < -0.4 is 0 Å². The Morgan fingerprint density at radius 2 is 1.90 bits per heavy atom. The number of rotatable bonds is 12. The lowest BCUT2D eigenvalue weighted by molar-refractivity contribution is -0.0507. The minimum absolute atomic E-state index is 0.0336. The zero-order valence-corrected chi connectivity index (χ0v) is 13.6. The first-order chi connectivity index (χ1) is 9.74. The summed E-state index contributed by atoms with van der Waals surface area (Å²) < 4.78 is 31.7. The Kier molecular flexibility index (Phi) is 11.3. The molecule has 7 nitrogen and oxygen atoms in total. The fourth-order valence-corrected chi connectivity index (χ4v) is 1.66. The molecule has 0 aromatic heterocycles. The fourth-order valence-electron chi connectivity index (χ4n) is 1.24. The van der Waals surface area contributed by atoms with Gasteiger partial charge in [-0.2, -0.15) is 0 Å². The molecule has 0 saturated carbocycles. The molecule has 0 aliphatic carbocycles. The maximum atomic E-state index is 10.8. The van der Waals surface area contributed by atoms with Crippen LogP contribution in [-0.4, -0.2) is 69.4 Å². The first-order valence-corrected chi connectivity index (χ1v) is 8.26. The van der Waals surface area contributed by atoms with Crippen molar-refractivity contribution in [3.8, 4) is 0 Å². The molecule has 2 radical (unpaired) electrons. The smallest absolute Gasteiger partial charge is 0.348 e. The van der Waals surface area contributed by atoms with Gasteiger partial charge in [-0.15, -0.1) is 0 Å². The highest BCUT2D eigenvalue weighted by molar-refractivity contribution is 7.55. The van der Waals surface area contributed by atoms with E-state index in [1.165, 1.54) is 6.08 Å². The van der Waals surface area contributed by atoms with Gasteiger partial charge in [0.15, 0.2) is 0 Å². The van der Waals surface area contributed by atoms with E-state index in [1.54, 1.807) is 7.11 Å². The summed E-state index contributed by atoms with van der Waals surface area (Å²) in [6, 6.07) is -0.732. The molecule has 0 unspecified atom stereocenters. The highest BCUT2D eigenvalue weighted by atomic mass is 31.2. The summed E-state index contributed by atoms with van der Waals surface area (Å²) in [7, 11) is 3.05. The summed E-state index contributed by atoms with van der Waals surface area (Å²) in [5.41, 5.74) is 0. The van der Waals surface area contributed by atoms with Gasteiger partial charge in [0.2, 0.25) is 0 Å². The van der Waals surface area contributed by atoms with Crippen LogP contribution >= 0.6 is 7.60 Å². The minimum Gasteiger partial charge on any atom is -0.382 e. The third-order valence-corrected chi connectivity index (χ3v) is 2.71. The predicted octanol–water partition coefficient (Wildman–Crippen LogP) is 0.646. The van der Waals surface area contributed by atoms with E-state index >= 15 is 0 Å². The molecule has 0 aliphatic rings. The second kappa shape index (κ2) is 11.4. The molecule has 9 heteroatoms. The van der Waals surface area contributed by atoms with E-state index in [-0.39, 0.29) is 19.3 Å². The lowest BCUT2D eigenvalue weighted by Crippen LogP contribution is -2.30. The van der Waals surface area contributed by atoms with Gasteiger partial charge in [-0.05, 0) is 19.9 Å². The zero-order chi connectivity index (χ0) is 16.3. The van der Waals surface area contributed by atoms with Crippen LogP contribution in [0.3, 0.4) is 0 Å². The molecule has 0 heterocycles. The Labute approximate surface area is 127 Å². The highest BCUT2D eigenvalue weighted by Crippen LogP contribution is 2.36. The SMILES string of the molecule is [B][C@@H](COCCOC)O[C@H](/C=C/P(=O)(O)O)COC(C)C. The van der Waals surface area contributed by atoms with Crippen molar-refractivity contribution in [1.29, 1.82) is 0 Å². The van der Waals surface area contributed by atoms with Crippen LogP contribution in [0.5, 0.6) is 0 Å². The normalized spacial score (nSPS) is 15.7. The minimum atomic E-state index is -4.25. The molecule has 0 aliphatic heterocycles. The van der Waals surface area contributed by atoms with Crippen molar-refractivity contribution >= 4 is 15.4 Å². The summed E-state index contributed by atoms with van der Waals surface area (Å²) in [6.45, 7) is 4.81. The van der Waals surface area contributed by atoms with E-state index in [4.69, 9.17) is 36.6 Å². The van der Waals surface area contributed by atoms with Gasteiger partial charge in [0, 0.05) is 18.9 Å². The molecule has 0 amide bonds. The standard InChI is InChI=1S/C12H24BO7P/c1-10(2)19-8-11(4-7-21(14,15)16)20-12(13)9-18-6-5-17-3/h4,7,10-12H,5-6,8-9H2,1-3H3,(H2,14,15,16)/b7-4+/t11-,12-/m1/s1. The summed E-state index contributed by atoms with van der Waals surface area (Å²) in [6.07, 6.45) is 0.549. The number of hydrogen-bond donors (Lipinski definition) is 2. The summed E-state index contributed by atoms with van der Waals surface area (Å²) >= 11 is 0. The van der Waals surface area contributed by atoms with E-state index < -0.39 is 19.7 Å². The first kappa shape index (κ1) is 20.8. The maximum Gasteiger partial charge on any atom is 0.348 e. The van der Waals surface area contributed by atoms with Crippen molar-refractivity contribution in [2.24, 2.45) is 0 Å². The largest absolute Gasteiger partial charge is 0.382 e. The average molecular weight is 322 g/mol. The molecule has 0 saturated heterocycles. The Bertz CT molecular complexity index is 332. The van der Waals surface area contributed by atoms with E-state index in [9.17, 15) is 4.57 Å². The third kappa shape index (κ3) is 14.5. The number of hydrogen-bond acceptors (Lipinski definition) is 5. The molecule has 0 aromatic carbocycles. The molecule has 0 aromatic rings. The van der Waals surface area contributed by atoms with Gasteiger partial charge in [0.1, 0.15) is 7.85 Å². The molecule has 122 valence electrons. The zero-order valence-electron chi connectivity index (χ0n) is 12.7. The van der Waals surface area contributed by atoms with Crippen molar-refractivity contribution in [2.75, 3.05) is 33.5 Å². The van der Waals surface area contributed by atoms with E-state index in [0.29, 0.717) is 13.2 Å². The molecular weight excluding hydrogens is 298 g/mol. The van der Waals surface area contributed by atoms with Crippen molar-refractivity contribution in [1.82, 2.24) is 0 Å². The molecule has 21 heavy (non-hydrogen) atoms. The van der Waals surface area contributed by atoms with Crippen LogP contribution in [0.2, 0.25) is 0 Å². The highest BCUT2D eigenvalue weighted by Gasteiger charge is 2.14. The maximum absolute atomic E-state index is 10.8. The monoisotopic (exact) mass is 322 g/mol. The van der Waals surface area contributed by atoms with Gasteiger partial charge in [-0.25, -0.2) is 0 Å². The van der Waals surface area contributed by atoms with Gasteiger partial charge in [-0.3, -0.25) is 4.57 Å². The lowest BCUT2D eigenvalue weighted by Gasteiger charge is -2.21. The van der Waals surface area contributed by atoms with Crippen LogP contribution in [0, 0.1) is 0 Å². The van der Waals surface area contributed by atoms with E-state index in [1.807, 2.05) is 13.8 Å². The summed E-state index contributed by atoms with van der Waals surface area (Å²) in [5, 5.41) is 0. The fraction of sp³-hybridized carbons (Fsp3) is 0.833. The van der Waals surface area contributed by atoms with Crippen LogP contribution in [-0.2, 0) is 23.5 Å². The van der Waals surface area contributed by atoms with Crippen LogP contribution in [0.25, 0.3) is 0 Å². The van der Waals surface area contributed by atoms with Gasteiger partial charge < -0.3 is 28.7 Å². The molecular formula is C12H24BO7P. The van der Waals surface area contributed by atoms with Crippen molar-refractivity contribution in [3.63, 3.8) is 0 Å². The van der Waals surface area contributed by atoms with Crippen LogP contribution in [0.1, 0.15) is 13.8 Å². The van der Waals surface area contributed by atoms with Gasteiger partial charge in [0.05, 0.1) is 38.6 Å². The van der Waals surface area contributed by atoms with Crippen molar-refractivity contribution < 1.29 is 33.3 Å². The summed E-state index contributed by atoms with van der Waals surface area (Å²) in [5.74, 6) is 0.778. The van der Waals surface area contributed by atoms with Crippen molar-refractivity contribution in [2.45, 2.75) is 32.1 Å².